The summed E-state index contributed by atoms with van der Waals surface area (Å²) in [4.78, 5) is 0. The van der Waals surface area contributed by atoms with Crippen LogP contribution < -0.4 is 5.73 Å². The molecule has 0 aliphatic rings. The minimum absolute atomic E-state index is 0.223. The number of halogens is 1. The van der Waals surface area contributed by atoms with Gasteiger partial charge in [0.05, 0.1) is 5.69 Å². The second kappa shape index (κ2) is 3.84. The first-order valence-electron chi connectivity index (χ1n) is 5.66. The number of benzene rings is 2. The van der Waals surface area contributed by atoms with Crippen LogP contribution in [0.5, 0.6) is 0 Å². The van der Waals surface area contributed by atoms with E-state index in [2.05, 4.69) is 10.2 Å². The van der Waals surface area contributed by atoms with Gasteiger partial charge in [-0.05, 0) is 24.4 Å². The van der Waals surface area contributed by atoms with E-state index < -0.39 is 0 Å². The third kappa shape index (κ3) is 1.46. The van der Waals surface area contributed by atoms with Crippen molar-refractivity contribution >= 4 is 16.6 Å². The molecular weight excluding hydrogens is 229 g/mol. The Bertz CT molecular complexity index is 731. The lowest BCUT2D eigenvalue weighted by atomic mass is 10.00. The molecule has 3 aromatic rings. The molecule has 90 valence electrons. The lowest BCUT2D eigenvalue weighted by Gasteiger charge is -2.06. The highest BCUT2D eigenvalue weighted by molar-refractivity contribution is 5.97. The van der Waals surface area contributed by atoms with E-state index in [0.29, 0.717) is 11.2 Å². The number of nitrogen functional groups attached to an aromatic ring is 1. The summed E-state index contributed by atoms with van der Waals surface area (Å²) < 4.78 is 13.7. The summed E-state index contributed by atoms with van der Waals surface area (Å²) in [5, 5.41) is 8.34. The van der Waals surface area contributed by atoms with Gasteiger partial charge in [0, 0.05) is 16.5 Å². The smallest absolute Gasteiger partial charge is 0.148 e. The fourth-order valence-corrected chi connectivity index (χ4v) is 2.15. The van der Waals surface area contributed by atoms with E-state index in [1.54, 1.807) is 12.1 Å². The van der Waals surface area contributed by atoms with E-state index in [0.717, 1.165) is 22.2 Å². The van der Waals surface area contributed by atoms with Crippen LogP contribution in [0.15, 0.2) is 36.4 Å². The van der Waals surface area contributed by atoms with Crippen LogP contribution in [0.1, 0.15) is 5.56 Å². The molecule has 0 unspecified atom stereocenters. The lowest BCUT2D eigenvalue weighted by Crippen LogP contribution is -1.88. The van der Waals surface area contributed by atoms with Gasteiger partial charge in [-0.25, -0.2) is 4.39 Å². The Labute approximate surface area is 103 Å². The first-order chi connectivity index (χ1) is 8.68. The first kappa shape index (κ1) is 10.8. The summed E-state index contributed by atoms with van der Waals surface area (Å²) in [6, 6.07) is 10.6. The van der Waals surface area contributed by atoms with Gasteiger partial charge in [-0.2, -0.15) is 5.10 Å². The highest BCUT2D eigenvalue weighted by Gasteiger charge is 2.12. The van der Waals surface area contributed by atoms with Gasteiger partial charge in [0.15, 0.2) is 0 Å². The van der Waals surface area contributed by atoms with Crippen molar-refractivity contribution in [2.45, 2.75) is 6.92 Å². The normalized spacial score (nSPS) is 11.0. The Kier molecular flexibility index (Phi) is 2.30. The molecule has 1 aromatic heterocycles. The molecule has 4 heteroatoms. The Morgan fingerprint density at radius 1 is 1.11 bits per heavy atom. The molecule has 3 nitrogen and oxygen atoms in total. The zero-order chi connectivity index (χ0) is 12.7. The Balaban J connectivity index is 2.37. The van der Waals surface area contributed by atoms with Gasteiger partial charge in [0.1, 0.15) is 11.6 Å². The molecule has 0 spiro atoms. The van der Waals surface area contributed by atoms with E-state index in [9.17, 15) is 4.39 Å². The molecule has 0 aliphatic carbocycles. The van der Waals surface area contributed by atoms with Gasteiger partial charge in [0.25, 0.3) is 0 Å². The van der Waals surface area contributed by atoms with Crippen LogP contribution in [0.4, 0.5) is 10.2 Å². The van der Waals surface area contributed by atoms with Crippen LogP contribution in [0.2, 0.25) is 0 Å². The average molecular weight is 241 g/mol. The number of rotatable bonds is 1. The number of H-pyrrole nitrogens is 1. The van der Waals surface area contributed by atoms with Crippen LogP contribution in [0.25, 0.3) is 22.0 Å². The number of hydrogen-bond donors (Lipinski definition) is 2. The van der Waals surface area contributed by atoms with E-state index in [4.69, 9.17) is 5.73 Å². The second-order valence-corrected chi connectivity index (χ2v) is 4.25. The predicted octanol–water partition coefficient (Wildman–Crippen LogP) is 3.26. The summed E-state index contributed by atoms with van der Waals surface area (Å²) in [5.74, 6) is 0.248. The number of aromatic nitrogens is 2. The van der Waals surface area contributed by atoms with Crippen molar-refractivity contribution in [3.63, 3.8) is 0 Å². The zero-order valence-electron chi connectivity index (χ0n) is 9.87. The number of nitrogens with two attached hydrogens (primary N) is 1. The minimum Gasteiger partial charge on any atom is -0.382 e. The van der Waals surface area contributed by atoms with Crippen molar-refractivity contribution < 1.29 is 4.39 Å². The summed E-state index contributed by atoms with van der Waals surface area (Å²) in [6.07, 6.45) is 0. The van der Waals surface area contributed by atoms with Gasteiger partial charge in [-0.3, -0.25) is 5.10 Å². The fraction of sp³-hybridized carbons (Fsp3) is 0.0714. The summed E-state index contributed by atoms with van der Waals surface area (Å²) >= 11 is 0. The van der Waals surface area contributed by atoms with Crippen molar-refractivity contribution in [3.8, 4) is 11.3 Å². The Hall–Kier alpha value is -2.36. The van der Waals surface area contributed by atoms with Gasteiger partial charge in [-0.1, -0.05) is 24.3 Å². The topological polar surface area (TPSA) is 54.7 Å². The number of anilines is 1. The highest BCUT2D eigenvalue weighted by Crippen LogP contribution is 2.32. The molecule has 2 aromatic carbocycles. The maximum Gasteiger partial charge on any atom is 0.148 e. The van der Waals surface area contributed by atoms with Crippen LogP contribution in [-0.2, 0) is 0 Å². The molecule has 0 bridgehead atoms. The highest BCUT2D eigenvalue weighted by atomic mass is 19.1. The second-order valence-electron chi connectivity index (χ2n) is 4.25. The maximum absolute atomic E-state index is 13.7. The van der Waals surface area contributed by atoms with Gasteiger partial charge >= 0.3 is 0 Å². The zero-order valence-corrected chi connectivity index (χ0v) is 9.87. The number of aromatic amines is 1. The van der Waals surface area contributed by atoms with Gasteiger partial charge in [-0.15, -0.1) is 0 Å². The SMILES string of the molecule is Cc1c(N)n[nH]c1-c1ccc(F)c2ccccc12. The average Bonchev–Trinajstić information content (AvgIpc) is 2.71. The third-order valence-electron chi connectivity index (χ3n) is 3.19. The molecule has 3 rings (SSSR count). The number of nitrogens with zero attached hydrogens (tertiary/aromatic N) is 1. The van der Waals surface area contributed by atoms with Crippen LogP contribution in [-0.4, -0.2) is 10.2 Å². The molecule has 18 heavy (non-hydrogen) atoms. The number of fused-ring (bicyclic) bond motifs is 1. The maximum atomic E-state index is 13.7. The molecular formula is C14H12FN3. The monoisotopic (exact) mass is 241 g/mol. The largest absolute Gasteiger partial charge is 0.382 e. The van der Waals surface area contributed by atoms with E-state index in [1.807, 2.05) is 25.1 Å². The number of hydrogen-bond acceptors (Lipinski definition) is 2. The summed E-state index contributed by atoms with van der Waals surface area (Å²) in [5.41, 5.74) is 8.36. The van der Waals surface area contributed by atoms with Gasteiger partial charge < -0.3 is 5.73 Å². The molecule has 3 N–H and O–H groups in total. The fourth-order valence-electron chi connectivity index (χ4n) is 2.15. The number of nitrogens with one attached hydrogen (secondary N) is 1. The summed E-state index contributed by atoms with van der Waals surface area (Å²) in [7, 11) is 0. The molecule has 0 saturated carbocycles. The van der Waals surface area contributed by atoms with Crippen LogP contribution >= 0.6 is 0 Å². The molecule has 0 saturated heterocycles. The molecule has 0 fully saturated rings. The quantitative estimate of drug-likeness (QED) is 0.687. The van der Waals surface area contributed by atoms with Crippen molar-refractivity contribution in [3.05, 3.63) is 47.8 Å². The molecule has 0 amide bonds. The van der Waals surface area contributed by atoms with Crippen molar-refractivity contribution in [2.24, 2.45) is 0 Å². The molecule has 0 aliphatic heterocycles. The third-order valence-corrected chi connectivity index (χ3v) is 3.19. The standard InChI is InChI=1S/C14H12FN3/c1-8-13(17-18-14(8)16)11-6-7-12(15)10-5-3-2-4-9(10)11/h2-7H,1H3,(H3,16,17,18). The van der Waals surface area contributed by atoms with Crippen molar-refractivity contribution in [2.75, 3.05) is 5.73 Å². The summed E-state index contributed by atoms with van der Waals surface area (Å²) in [6.45, 7) is 1.90. The van der Waals surface area contributed by atoms with Crippen molar-refractivity contribution in [1.82, 2.24) is 10.2 Å². The molecule has 1 heterocycles. The lowest BCUT2D eigenvalue weighted by molar-refractivity contribution is 0.640. The van der Waals surface area contributed by atoms with Crippen LogP contribution in [0.3, 0.4) is 0 Å². The Morgan fingerprint density at radius 3 is 2.50 bits per heavy atom. The van der Waals surface area contributed by atoms with Crippen molar-refractivity contribution in [1.29, 1.82) is 0 Å². The minimum atomic E-state index is -0.223. The van der Waals surface area contributed by atoms with E-state index >= 15 is 0 Å². The van der Waals surface area contributed by atoms with Gasteiger partial charge in [0.2, 0.25) is 0 Å². The first-order valence-corrected chi connectivity index (χ1v) is 5.66. The molecule has 0 atom stereocenters. The van der Waals surface area contributed by atoms with E-state index in [1.165, 1.54) is 6.07 Å². The van der Waals surface area contributed by atoms with Crippen LogP contribution in [0, 0.1) is 12.7 Å². The predicted molar refractivity (Wildman–Crippen MR) is 70.6 cm³/mol. The molecule has 0 radical (unpaired) electrons. The Morgan fingerprint density at radius 2 is 1.83 bits per heavy atom. The van der Waals surface area contributed by atoms with E-state index in [-0.39, 0.29) is 5.82 Å².